The zero-order valence-electron chi connectivity index (χ0n) is 10.5. The minimum atomic E-state index is -4.05. The van der Waals surface area contributed by atoms with E-state index in [2.05, 4.69) is 10.0 Å². The van der Waals surface area contributed by atoms with Crippen LogP contribution in [0, 0.1) is 17.6 Å². The Hall–Kier alpha value is -1.05. The summed E-state index contributed by atoms with van der Waals surface area (Å²) in [6, 6.07) is 2.07. The van der Waals surface area contributed by atoms with Gasteiger partial charge in [0.05, 0.1) is 0 Å². The molecule has 0 bridgehead atoms. The van der Waals surface area contributed by atoms with Gasteiger partial charge in [0.25, 0.3) is 0 Å². The molecule has 1 fully saturated rings. The Balaban J connectivity index is 2.24. The third-order valence-electron chi connectivity index (χ3n) is 3.32. The quantitative estimate of drug-likeness (QED) is 0.880. The zero-order chi connectivity index (χ0) is 14.0. The van der Waals surface area contributed by atoms with Gasteiger partial charge in [-0.3, -0.25) is 0 Å². The van der Waals surface area contributed by atoms with Crippen molar-refractivity contribution < 1.29 is 17.2 Å². The molecule has 1 heterocycles. The molecule has 0 saturated carbocycles. The van der Waals surface area contributed by atoms with E-state index in [1.54, 1.807) is 0 Å². The Bertz CT molecular complexity index is 563. The van der Waals surface area contributed by atoms with Crippen molar-refractivity contribution in [2.75, 3.05) is 13.1 Å². The topological polar surface area (TPSA) is 58.2 Å². The van der Waals surface area contributed by atoms with E-state index in [1.165, 1.54) is 0 Å². The smallest absolute Gasteiger partial charge is 0.243 e. The lowest BCUT2D eigenvalue weighted by molar-refractivity contribution is 0.326. The van der Waals surface area contributed by atoms with Gasteiger partial charge in [-0.2, -0.15) is 0 Å². The number of piperidine rings is 1. The molecule has 1 aromatic carbocycles. The largest absolute Gasteiger partial charge is 0.315 e. The van der Waals surface area contributed by atoms with Crippen LogP contribution in [-0.2, 0) is 10.0 Å². The SMILES string of the molecule is CC1CCNCC1NS(=O)(=O)c1cc(F)ccc1F. The molecule has 2 atom stereocenters. The van der Waals surface area contributed by atoms with Crippen LogP contribution in [-0.4, -0.2) is 27.5 Å². The summed E-state index contributed by atoms with van der Waals surface area (Å²) >= 11 is 0. The maximum absolute atomic E-state index is 13.5. The van der Waals surface area contributed by atoms with Crippen molar-refractivity contribution in [2.45, 2.75) is 24.3 Å². The molecule has 0 spiro atoms. The predicted octanol–water partition coefficient (Wildman–Crippen LogP) is 1.24. The van der Waals surface area contributed by atoms with Gasteiger partial charge in [-0.1, -0.05) is 6.92 Å². The first-order valence-electron chi connectivity index (χ1n) is 6.08. The van der Waals surface area contributed by atoms with Crippen LogP contribution >= 0.6 is 0 Å². The summed E-state index contributed by atoms with van der Waals surface area (Å²) in [5.41, 5.74) is 0. The van der Waals surface area contributed by atoms with E-state index < -0.39 is 26.6 Å². The third kappa shape index (κ3) is 3.29. The lowest BCUT2D eigenvalue weighted by atomic mass is 9.96. The molecular weight excluding hydrogens is 274 g/mol. The average molecular weight is 290 g/mol. The van der Waals surface area contributed by atoms with E-state index >= 15 is 0 Å². The summed E-state index contributed by atoms with van der Waals surface area (Å²) in [4.78, 5) is -0.648. The molecule has 0 radical (unpaired) electrons. The van der Waals surface area contributed by atoms with Crippen LogP contribution in [0.1, 0.15) is 13.3 Å². The monoisotopic (exact) mass is 290 g/mol. The minimum absolute atomic E-state index is 0.146. The van der Waals surface area contributed by atoms with Gasteiger partial charge in [-0.05, 0) is 37.1 Å². The van der Waals surface area contributed by atoms with Crippen molar-refractivity contribution in [3.63, 3.8) is 0 Å². The van der Waals surface area contributed by atoms with E-state index in [0.717, 1.165) is 25.1 Å². The Morgan fingerprint density at radius 3 is 2.79 bits per heavy atom. The van der Waals surface area contributed by atoms with Crippen LogP contribution in [0.25, 0.3) is 0 Å². The number of hydrogen-bond donors (Lipinski definition) is 2. The van der Waals surface area contributed by atoms with E-state index in [9.17, 15) is 17.2 Å². The molecule has 7 heteroatoms. The lowest BCUT2D eigenvalue weighted by Crippen LogP contribution is -2.50. The Morgan fingerprint density at radius 1 is 1.37 bits per heavy atom. The van der Waals surface area contributed by atoms with Gasteiger partial charge >= 0.3 is 0 Å². The van der Waals surface area contributed by atoms with Crippen molar-refractivity contribution in [1.29, 1.82) is 0 Å². The number of sulfonamides is 1. The number of nitrogens with one attached hydrogen (secondary N) is 2. The van der Waals surface area contributed by atoms with E-state index in [0.29, 0.717) is 12.6 Å². The highest BCUT2D eigenvalue weighted by Crippen LogP contribution is 2.19. The molecule has 2 unspecified atom stereocenters. The van der Waals surface area contributed by atoms with Gasteiger partial charge in [0, 0.05) is 12.6 Å². The first-order chi connectivity index (χ1) is 8.90. The number of benzene rings is 1. The highest BCUT2D eigenvalue weighted by molar-refractivity contribution is 7.89. The van der Waals surface area contributed by atoms with Gasteiger partial charge in [-0.25, -0.2) is 21.9 Å². The van der Waals surface area contributed by atoms with Crippen molar-refractivity contribution in [3.8, 4) is 0 Å². The van der Waals surface area contributed by atoms with Gasteiger partial charge in [-0.15, -0.1) is 0 Å². The van der Waals surface area contributed by atoms with E-state index in [-0.39, 0.29) is 12.0 Å². The molecule has 0 aliphatic carbocycles. The maximum Gasteiger partial charge on any atom is 0.243 e. The van der Waals surface area contributed by atoms with Gasteiger partial charge in [0.15, 0.2) is 0 Å². The van der Waals surface area contributed by atoms with Crippen LogP contribution in [0.5, 0.6) is 0 Å². The second-order valence-corrected chi connectivity index (χ2v) is 6.46. The van der Waals surface area contributed by atoms with Crippen LogP contribution < -0.4 is 10.0 Å². The fraction of sp³-hybridized carbons (Fsp3) is 0.500. The molecule has 4 nitrogen and oxygen atoms in total. The lowest BCUT2D eigenvalue weighted by Gasteiger charge is -2.30. The summed E-state index contributed by atoms with van der Waals surface area (Å²) in [5, 5.41) is 3.07. The van der Waals surface area contributed by atoms with E-state index in [1.807, 2.05) is 6.92 Å². The molecule has 1 saturated heterocycles. The third-order valence-corrected chi connectivity index (χ3v) is 4.82. The molecule has 0 aromatic heterocycles. The highest BCUT2D eigenvalue weighted by atomic mass is 32.2. The second-order valence-electron chi connectivity index (χ2n) is 4.77. The normalized spacial score (nSPS) is 24.4. The van der Waals surface area contributed by atoms with Gasteiger partial charge < -0.3 is 5.32 Å². The van der Waals surface area contributed by atoms with Crippen molar-refractivity contribution in [1.82, 2.24) is 10.0 Å². The summed E-state index contributed by atoms with van der Waals surface area (Å²) < 4.78 is 53.2. The molecule has 2 N–H and O–H groups in total. The summed E-state index contributed by atoms with van der Waals surface area (Å²) in [5.74, 6) is -1.59. The Kier molecular flexibility index (Phi) is 4.17. The first kappa shape index (κ1) is 14.4. The molecule has 0 amide bonds. The van der Waals surface area contributed by atoms with Crippen LogP contribution in [0.2, 0.25) is 0 Å². The molecule has 1 aliphatic rings. The Morgan fingerprint density at radius 2 is 2.11 bits per heavy atom. The zero-order valence-corrected chi connectivity index (χ0v) is 11.3. The number of hydrogen-bond acceptors (Lipinski definition) is 3. The average Bonchev–Trinajstić information content (AvgIpc) is 2.35. The van der Waals surface area contributed by atoms with Crippen molar-refractivity contribution in [2.24, 2.45) is 5.92 Å². The van der Waals surface area contributed by atoms with Crippen LogP contribution in [0.3, 0.4) is 0 Å². The molecule has 106 valence electrons. The summed E-state index contributed by atoms with van der Waals surface area (Å²) in [6.07, 6.45) is 0.832. The molecule has 19 heavy (non-hydrogen) atoms. The molecular formula is C12H16F2N2O2S. The molecule has 1 aliphatic heterocycles. The number of halogens is 2. The standard InChI is InChI=1S/C12H16F2N2O2S/c1-8-4-5-15-7-11(8)16-19(17,18)12-6-9(13)2-3-10(12)14/h2-3,6,8,11,15-16H,4-5,7H2,1H3. The van der Waals surface area contributed by atoms with Crippen LogP contribution in [0.15, 0.2) is 23.1 Å². The molecule has 1 aromatic rings. The predicted molar refractivity (Wildman–Crippen MR) is 67.1 cm³/mol. The van der Waals surface area contributed by atoms with Crippen LogP contribution in [0.4, 0.5) is 8.78 Å². The Labute approximate surface area is 111 Å². The van der Waals surface area contributed by atoms with E-state index in [4.69, 9.17) is 0 Å². The van der Waals surface area contributed by atoms with Gasteiger partial charge in [0.1, 0.15) is 16.5 Å². The minimum Gasteiger partial charge on any atom is -0.315 e. The summed E-state index contributed by atoms with van der Waals surface area (Å²) in [6.45, 7) is 3.24. The van der Waals surface area contributed by atoms with Crippen molar-refractivity contribution >= 4 is 10.0 Å². The number of rotatable bonds is 3. The van der Waals surface area contributed by atoms with Crippen molar-refractivity contribution in [3.05, 3.63) is 29.8 Å². The molecule has 2 rings (SSSR count). The highest BCUT2D eigenvalue weighted by Gasteiger charge is 2.28. The fourth-order valence-corrected chi connectivity index (χ4v) is 3.53. The summed E-state index contributed by atoms with van der Waals surface area (Å²) in [7, 11) is -4.05. The maximum atomic E-state index is 13.5. The second kappa shape index (κ2) is 5.52. The fourth-order valence-electron chi connectivity index (χ4n) is 2.09. The van der Waals surface area contributed by atoms with Gasteiger partial charge in [0.2, 0.25) is 10.0 Å². The first-order valence-corrected chi connectivity index (χ1v) is 7.56.